The van der Waals surface area contributed by atoms with Gasteiger partial charge < -0.3 is 5.32 Å². The van der Waals surface area contributed by atoms with Crippen LogP contribution in [-0.4, -0.2) is 18.3 Å². The minimum absolute atomic E-state index is 0.537. The van der Waals surface area contributed by atoms with Gasteiger partial charge in [-0.3, -0.25) is 4.99 Å². The first-order valence-corrected chi connectivity index (χ1v) is 5.08. The molecule has 13 heavy (non-hydrogen) atoms. The molecule has 0 aromatic rings. The molecule has 2 heteroatoms. The van der Waals surface area contributed by atoms with Crippen LogP contribution in [0.5, 0.6) is 0 Å². The third-order valence-corrected chi connectivity index (χ3v) is 3.40. The zero-order valence-corrected chi connectivity index (χ0v) is 7.56. The average Bonchev–Trinajstić information content (AvgIpc) is 2.56. The highest BCUT2D eigenvalue weighted by Crippen LogP contribution is 2.35. The summed E-state index contributed by atoms with van der Waals surface area (Å²) >= 11 is 0. The number of hydrogen-bond donors (Lipinski definition) is 1. The molecule has 1 fully saturated rings. The molecule has 0 saturated carbocycles. The highest BCUT2D eigenvalue weighted by Gasteiger charge is 2.40. The fourth-order valence-electron chi connectivity index (χ4n) is 2.74. The van der Waals surface area contributed by atoms with Crippen molar-refractivity contribution in [2.24, 2.45) is 16.8 Å². The zero-order valence-electron chi connectivity index (χ0n) is 7.56. The van der Waals surface area contributed by atoms with Gasteiger partial charge in [-0.2, -0.15) is 0 Å². The number of allylic oxidation sites excluding steroid dienone is 1. The minimum Gasteiger partial charge on any atom is -0.303 e. The lowest BCUT2D eigenvalue weighted by molar-refractivity contribution is 0.418. The molecule has 0 aromatic carbocycles. The van der Waals surface area contributed by atoms with Crippen LogP contribution in [0.1, 0.15) is 12.8 Å². The van der Waals surface area contributed by atoms with Crippen molar-refractivity contribution >= 4 is 6.21 Å². The molecule has 4 atom stereocenters. The molecular formula is C11H14N2. The van der Waals surface area contributed by atoms with Crippen LogP contribution in [-0.2, 0) is 0 Å². The molecule has 1 saturated heterocycles. The van der Waals surface area contributed by atoms with Crippen LogP contribution in [0.15, 0.2) is 29.4 Å². The van der Waals surface area contributed by atoms with Crippen molar-refractivity contribution in [3.8, 4) is 0 Å². The van der Waals surface area contributed by atoms with Gasteiger partial charge in [0.2, 0.25) is 0 Å². The van der Waals surface area contributed by atoms with E-state index in [1.807, 2.05) is 6.20 Å². The first-order chi connectivity index (χ1) is 6.45. The third kappa shape index (κ3) is 1.09. The van der Waals surface area contributed by atoms with Crippen LogP contribution in [0.3, 0.4) is 0 Å². The van der Waals surface area contributed by atoms with Gasteiger partial charge in [0.1, 0.15) is 0 Å². The van der Waals surface area contributed by atoms with Crippen molar-refractivity contribution in [1.82, 2.24) is 5.32 Å². The molecule has 1 N–H and O–H groups in total. The van der Waals surface area contributed by atoms with Gasteiger partial charge in [-0.05, 0) is 24.8 Å². The largest absolute Gasteiger partial charge is 0.303 e. The van der Waals surface area contributed by atoms with Gasteiger partial charge in [0.15, 0.2) is 0 Å². The van der Waals surface area contributed by atoms with Crippen molar-refractivity contribution < 1.29 is 0 Å². The third-order valence-electron chi connectivity index (χ3n) is 3.40. The van der Waals surface area contributed by atoms with E-state index in [9.17, 15) is 0 Å². The highest BCUT2D eigenvalue weighted by atomic mass is 15.0. The number of nitrogens with zero attached hydrogens (tertiary/aromatic N) is 1. The molecule has 0 aromatic heterocycles. The average molecular weight is 174 g/mol. The molecule has 0 amide bonds. The summed E-state index contributed by atoms with van der Waals surface area (Å²) in [6, 6.07) is 1.13. The van der Waals surface area contributed by atoms with E-state index in [0.29, 0.717) is 18.0 Å². The summed E-state index contributed by atoms with van der Waals surface area (Å²) in [6.07, 6.45) is 13.4. The van der Waals surface area contributed by atoms with E-state index in [0.717, 1.165) is 5.92 Å². The Labute approximate surface area is 78.4 Å². The maximum absolute atomic E-state index is 4.24. The van der Waals surface area contributed by atoms with E-state index in [1.165, 1.54) is 12.8 Å². The molecular weight excluding hydrogens is 160 g/mol. The predicted molar refractivity (Wildman–Crippen MR) is 53.7 cm³/mol. The molecule has 2 heterocycles. The summed E-state index contributed by atoms with van der Waals surface area (Å²) in [4.78, 5) is 4.24. The summed E-state index contributed by atoms with van der Waals surface area (Å²) in [5, 5.41) is 3.63. The second kappa shape index (κ2) is 2.81. The Morgan fingerprint density at radius 2 is 2.23 bits per heavy atom. The normalized spacial score (nSPS) is 46.2. The van der Waals surface area contributed by atoms with E-state index in [1.54, 1.807) is 0 Å². The Morgan fingerprint density at radius 1 is 1.23 bits per heavy atom. The van der Waals surface area contributed by atoms with Gasteiger partial charge in [-0.1, -0.05) is 12.2 Å². The van der Waals surface area contributed by atoms with Gasteiger partial charge in [-0.15, -0.1) is 0 Å². The molecule has 3 aliphatic rings. The number of rotatable bonds is 0. The molecule has 2 aliphatic heterocycles. The number of aliphatic imine (C=N–C) groups is 1. The number of fused-ring (bicyclic) bond motifs is 3. The molecule has 0 bridgehead atoms. The quantitative estimate of drug-likeness (QED) is 0.553. The maximum Gasteiger partial charge on any atom is 0.0354 e. The highest BCUT2D eigenvalue weighted by molar-refractivity contribution is 5.66. The van der Waals surface area contributed by atoms with E-state index >= 15 is 0 Å². The molecule has 3 rings (SSSR count). The SMILES string of the molecule is C1=CC2N[C@@H]3C=CN=C[C@H]3C2CC1. The van der Waals surface area contributed by atoms with Crippen LogP contribution in [0, 0.1) is 11.8 Å². The van der Waals surface area contributed by atoms with Gasteiger partial charge in [0, 0.05) is 30.4 Å². The summed E-state index contributed by atoms with van der Waals surface area (Å²) in [5.41, 5.74) is 0. The molecule has 1 aliphatic carbocycles. The molecule has 0 spiro atoms. The van der Waals surface area contributed by atoms with Gasteiger partial charge in [0.25, 0.3) is 0 Å². The van der Waals surface area contributed by atoms with Gasteiger partial charge >= 0.3 is 0 Å². The van der Waals surface area contributed by atoms with Crippen LogP contribution < -0.4 is 5.32 Å². The van der Waals surface area contributed by atoms with Crippen molar-refractivity contribution in [3.63, 3.8) is 0 Å². The van der Waals surface area contributed by atoms with Crippen LogP contribution in [0.2, 0.25) is 0 Å². The Hall–Kier alpha value is -0.890. The lowest BCUT2D eigenvalue weighted by atomic mass is 9.81. The Bertz CT molecular complexity index is 290. The van der Waals surface area contributed by atoms with Crippen molar-refractivity contribution in [2.45, 2.75) is 24.9 Å². The maximum atomic E-state index is 4.24. The van der Waals surface area contributed by atoms with E-state index < -0.39 is 0 Å². The number of hydrogen-bond acceptors (Lipinski definition) is 2. The van der Waals surface area contributed by atoms with E-state index in [-0.39, 0.29) is 0 Å². The molecule has 2 nitrogen and oxygen atoms in total. The topological polar surface area (TPSA) is 24.4 Å². The Kier molecular flexibility index (Phi) is 1.62. The second-order valence-electron chi connectivity index (χ2n) is 4.10. The standard InChI is InChI=1S/C11H14N2/c1-2-4-10-8(3-1)9-7-12-6-5-11(9)13-10/h2,4-11,13H,1,3H2/t8?,9-,10?,11+/m0/s1. The summed E-state index contributed by atoms with van der Waals surface area (Å²) in [5.74, 6) is 1.42. The van der Waals surface area contributed by atoms with Crippen molar-refractivity contribution in [1.29, 1.82) is 0 Å². The fourth-order valence-corrected chi connectivity index (χ4v) is 2.74. The van der Waals surface area contributed by atoms with Crippen LogP contribution in [0.25, 0.3) is 0 Å². The monoisotopic (exact) mass is 174 g/mol. The lowest BCUT2D eigenvalue weighted by Gasteiger charge is -2.23. The smallest absolute Gasteiger partial charge is 0.0354 e. The zero-order chi connectivity index (χ0) is 8.67. The van der Waals surface area contributed by atoms with Crippen LogP contribution >= 0.6 is 0 Å². The van der Waals surface area contributed by atoms with Crippen LogP contribution in [0.4, 0.5) is 0 Å². The van der Waals surface area contributed by atoms with E-state index in [4.69, 9.17) is 0 Å². The Balaban J connectivity index is 1.91. The first kappa shape index (κ1) is 7.51. The van der Waals surface area contributed by atoms with E-state index in [2.05, 4.69) is 34.8 Å². The van der Waals surface area contributed by atoms with Gasteiger partial charge in [-0.25, -0.2) is 0 Å². The minimum atomic E-state index is 0.537. The van der Waals surface area contributed by atoms with Crippen molar-refractivity contribution in [3.05, 3.63) is 24.4 Å². The summed E-state index contributed by atoms with van der Waals surface area (Å²) in [7, 11) is 0. The molecule has 0 radical (unpaired) electrons. The number of nitrogens with one attached hydrogen (secondary N) is 1. The first-order valence-electron chi connectivity index (χ1n) is 5.08. The molecule has 2 unspecified atom stereocenters. The predicted octanol–water partition coefficient (Wildman–Crippen LogP) is 1.51. The Morgan fingerprint density at radius 3 is 3.23 bits per heavy atom. The fraction of sp³-hybridized carbons (Fsp3) is 0.545. The summed E-state index contributed by atoms with van der Waals surface area (Å²) < 4.78 is 0. The second-order valence-corrected chi connectivity index (χ2v) is 4.10. The summed E-state index contributed by atoms with van der Waals surface area (Å²) in [6.45, 7) is 0. The van der Waals surface area contributed by atoms with Crippen molar-refractivity contribution in [2.75, 3.05) is 0 Å². The molecule has 68 valence electrons. The lowest BCUT2D eigenvalue weighted by Crippen LogP contribution is -2.30. The van der Waals surface area contributed by atoms with Gasteiger partial charge in [0.05, 0.1) is 0 Å².